The fourth-order valence-electron chi connectivity index (χ4n) is 3.68. The number of fused-ring (bicyclic) bond motifs is 1. The zero-order valence-electron chi connectivity index (χ0n) is 15.1. The molecule has 2 fully saturated rings. The van der Waals surface area contributed by atoms with Crippen LogP contribution in [0.5, 0.6) is 0 Å². The predicted molar refractivity (Wildman–Crippen MR) is 104 cm³/mol. The number of carbonyl (C=O) groups is 1. The summed E-state index contributed by atoms with van der Waals surface area (Å²) in [6.07, 6.45) is 4.18. The Bertz CT molecular complexity index is 970. The maximum absolute atomic E-state index is 13.0. The van der Waals surface area contributed by atoms with Crippen LogP contribution in [0, 0.1) is 0 Å². The van der Waals surface area contributed by atoms with Gasteiger partial charge in [-0.3, -0.25) is 9.78 Å². The minimum Gasteiger partial charge on any atom is -0.352 e. The van der Waals surface area contributed by atoms with Crippen molar-refractivity contribution in [2.24, 2.45) is 0 Å². The van der Waals surface area contributed by atoms with Gasteiger partial charge in [0, 0.05) is 43.7 Å². The monoisotopic (exact) mass is 359 g/mol. The molecule has 0 bridgehead atoms. The van der Waals surface area contributed by atoms with Gasteiger partial charge in [0.2, 0.25) is 0 Å². The summed E-state index contributed by atoms with van der Waals surface area (Å²) in [6.45, 7) is 2.84. The van der Waals surface area contributed by atoms with Crippen LogP contribution in [0.1, 0.15) is 34.9 Å². The van der Waals surface area contributed by atoms with Crippen LogP contribution in [0.15, 0.2) is 48.7 Å². The first-order valence-corrected chi connectivity index (χ1v) is 9.51. The van der Waals surface area contributed by atoms with Crippen LogP contribution in [-0.2, 0) is 0 Å². The molecule has 3 aromatic rings. The van der Waals surface area contributed by atoms with Crippen LogP contribution in [0.3, 0.4) is 0 Å². The van der Waals surface area contributed by atoms with Crippen LogP contribution < -0.4 is 4.90 Å². The van der Waals surface area contributed by atoms with Gasteiger partial charge in [0.25, 0.3) is 5.91 Å². The van der Waals surface area contributed by atoms with Crippen molar-refractivity contribution in [2.45, 2.75) is 18.8 Å². The van der Waals surface area contributed by atoms with Gasteiger partial charge in [0.1, 0.15) is 5.69 Å². The molecule has 0 unspecified atom stereocenters. The fraction of sp³-hybridized carbons (Fsp3) is 0.333. The van der Waals surface area contributed by atoms with Crippen LogP contribution in [-0.4, -0.2) is 52.2 Å². The molecule has 1 saturated carbocycles. The molecule has 1 amide bonds. The van der Waals surface area contributed by atoms with E-state index in [2.05, 4.69) is 32.2 Å². The third-order valence-electron chi connectivity index (χ3n) is 5.43. The summed E-state index contributed by atoms with van der Waals surface area (Å²) < 4.78 is 0. The van der Waals surface area contributed by atoms with Crippen molar-refractivity contribution in [1.82, 2.24) is 20.1 Å². The molecular formula is C21H21N5O. The third-order valence-corrected chi connectivity index (χ3v) is 5.43. The van der Waals surface area contributed by atoms with Crippen molar-refractivity contribution in [3.05, 3.63) is 60.0 Å². The van der Waals surface area contributed by atoms with Gasteiger partial charge >= 0.3 is 0 Å². The van der Waals surface area contributed by atoms with E-state index in [9.17, 15) is 4.79 Å². The number of benzene rings is 1. The molecular weight excluding hydrogens is 338 g/mol. The third kappa shape index (κ3) is 3.12. The molecule has 27 heavy (non-hydrogen) atoms. The second-order valence-electron chi connectivity index (χ2n) is 7.25. The molecule has 5 rings (SSSR count). The number of pyridine rings is 1. The number of hydrogen-bond acceptors (Lipinski definition) is 5. The molecule has 6 nitrogen and oxygen atoms in total. The highest BCUT2D eigenvalue weighted by Gasteiger charge is 2.27. The molecule has 1 aliphatic carbocycles. The summed E-state index contributed by atoms with van der Waals surface area (Å²) >= 11 is 0. The van der Waals surface area contributed by atoms with Gasteiger partial charge in [-0.15, -0.1) is 5.10 Å². The highest BCUT2D eigenvalue weighted by Crippen LogP contribution is 2.38. The highest BCUT2D eigenvalue weighted by molar-refractivity contribution is 6.05. The summed E-state index contributed by atoms with van der Waals surface area (Å²) in [5.41, 5.74) is 1.64. The van der Waals surface area contributed by atoms with E-state index >= 15 is 0 Å². The van der Waals surface area contributed by atoms with Crippen molar-refractivity contribution < 1.29 is 4.79 Å². The number of nitrogens with zero attached hydrogens (tertiary/aromatic N) is 5. The largest absolute Gasteiger partial charge is 0.352 e. The number of rotatable bonds is 3. The number of aromatic nitrogens is 3. The Morgan fingerprint density at radius 1 is 0.926 bits per heavy atom. The summed E-state index contributed by atoms with van der Waals surface area (Å²) in [7, 11) is 0. The summed E-state index contributed by atoms with van der Waals surface area (Å²) in [4.78, 5) is 21.4. The Morgan fingerprint density at radius 3 is 2.48 bits per heavy atom. The predicted octanol–water partition coefficient (Wildman–Crippen LogP) is 2.86. The number of piperazine rings is 1. The van der Waals surface area contributed by atoms with Gasteiger partial charge in [-0.05, 0) is 36.4 Å². The summed E-state index contributed by atoms with van der Waals surface area (Å²) in [6, 6.07) is 14.0. The highest BCUT2D eigenvalue weighted by atomic mass is 16.2. The van der Waals surface area contributed by atoms with E-state index in [1.165, 1.54) is 12.8 Å². The van der Waals surface area contributed by atoms with Crippen LogP contribution in [0.4, 0.5) is 5.82 Å². The van der Waals surface area contributed by atoms with E-state index in [4.69, 9.17) is 0 Å². The van der Waals surface area contributed by atoms with Gasteiger partial charge in [0.05, 0.1) is 5.69 Å². The molecule has 1 aromatic carbocycles. The Morgan fingerprint density at radius 2 is 1.74 bits per heavy atom. The van der Waals surface area contributed by atoms with Gasteiger partial charge in [0.15, 0.2) is 5.82 Å². The molecule has 0 atom stereocenters. The summed E-state index contributed by atoms with van der Waals surface area (Å²) in [5.74, 6) is 1.52. The van der Waals surface area contributed by atoms with Crippen molar-refractivity contribution in [3.8, 4) is 0 Å². The Balaban J connectivity index is 1.29. The van der Waals surface area contributed by atoms with Gasteiger partial charge in [-0.1, -0.05) is 24.3 Å². The SMILES string of the molecule is O=C(c1nccc2ccccc12)N1CCN(c2ccc(C3CC3)nn2)CC1. The number of amides is 1. The first kappa shape index (κ1) is 16.2. The lowest BCUT2D eigenvalue weighted by Gasteiger charge is -2.35. The Hall–Kier alpha value is -3.02. The van der Waals surface area contributed by atoms with Crippen LogP contribution >= 0.6 is 0 Å². The number of hydrogen-bond donors (Lipinski definition) is 0. The lowest BCUT2D eigenvalue weighted by atomic mass is 10.1. The molecule has 0 radical (unpaired) electrons. The minimum absolute atomic E-state index is 0.00150. The molecule has 1 aliphatic heterocycles. The topological polar surface area (TPSA) is 62.2 Å². The Labute approximate surface area is 157 Å². The molecule has 136 valence electrons. The first-order valence-electron chi connectivity index (χ1n) is 9.51. The second kappa shape index (κ2) is 6.61. The molecule has 1 saturated heterocycles. The van der Waals surface area contributed by atoms with Crippen molar-refractivity contribution >= 4 is 22.5 Å². The van der Waals surface area contributed by atoms with E-state index in [0.717, 1.165) is 35.4 Å². The maximum Gasteiger partial charge on any atom is 0.273 e. The minimum atomic E-state index is 0.00150. The number of carbonyl (C=O) groups excluding carboxylic acids is 1. The van der Waals surface area contributed by atoms with E-state index in [1.807, 2.05) is 35.2 Å². The lowest BCUT2D eigenvalue weighted by Crippen LogP contribution is -2.49. The quantitative estimate of drug-likeness (QED) is 0.720. The van der Waals surface area contributed by atoms with E-state index < -0.39 is 0 Å². The van der Waals surface area contributed by atoms with Crippen molar-refractivity contribution in [3.63, 3.8) is 0 Å². The van der Waals surface area contributed by atoms with Gasteiger partial charge in [-0.25, -0.2) is 0 Å². The van der Waals surface area contributed by atoms with Gasteiger partial charge in [-0.2, -0.15) is 5.10 Å². The average molecular weight is 359 g/mol. The standard InChI is InChI=1S/C21H21N5O/c27-21(20-17-4-2-1-3-15(17)9-10-22-20)26-13-11-25(12-14-26)19-8-7-18(23-24-19)16-5-6-16/h1-4,7-10,16H,5-6,11-14H2. The second-order valence-corrected chi connectivity index (χ2v) is 7.25. The molecule has 6 heteroatoms. The lowest BCUT2D eigenvalue weighted by molar-refractivity contribution is 0.0743. The van der Waals surface area contributed by atoms with E-state index in [0.29, 0.717) is 24.7 Å². The van der Waals surface area contributed by atoms with Crippen LogP contribution in [0.2, 0.25) is 0 Å². The molecule has 0 N–H and O–H groups in total. The smallest absolute Gasteiger partial charge is 0.273 e. The molecule has 2 aromatic heterocycles. The van der Waals surface area contributed by atoms with E-state index in [-0.39, 0.29) is 5.91 Å². The average Bonchev–Trinajstić information content (AvgIpc) is 3.59. The Kier molecular flexibility index (Phi) is 3.96. The summed E-state index contributed by atoms with van der Waals surface area (Å²) in [5, 5.41) is 10.7. The fourth-order valence-corrected chi connectivity index (χ4v) is 3.68. The maximum atomic E-state index is 13.0. The normalized spacial score (nSPS) is 17.3. The van der Waals surface area contributed by atoms with Crippen LogP contribution in [0.25, 0.3) is 10.8 Å². The van der Waals surface area contributed by atoms with Crippen molar-refractivity contribution in [2.75, 3.05) is 31.1 Å². The molecule has 2 aliphatic rings. The molecule has 3 heterocycles. The zero-order valence-corrected chi connectivity index (χ0v) is 15.1. The number of anilines is 1. The van der Waals surface area contributed by atoms with Crippen molar-refractivity contribution in [1.29, 1.82) is 0 Å². The molecule has 0 spiro atoms. The zero-order chi connectivity index (χ0) is 18.2. The first-order chi connectivity index (χ1) is 13.3. The van der Waals surface area contributed by atoms with E-state index in [1.54, 1.807) is 6.20 Å². The van der Waals surface area contributed by atoms with Gasteiger partial charge < -0.3 is 9.80 Å².